The van der Waals surface area contributed by atoms with Gasteiger partial charge < -0.3 is 5.32 Å². The molecule has 0 rings (SSSR count). The Labute approximate surface area is 77.1 Å². The number of amides is 1. The SMILES string of the molecule is C=C/C=C\C(=C/C=C)NC(=O)C=O. The molecule has 0 saturated heterocycles. The molecule has 0 aromatic carbocycles. The molecule has 0 aromatic heterocycles. The van der Waals surface area contributed by atoms with Gasteiger partial charge >= 0.3 is 0 Å². The maximum atomic E-state index is 10.6. The van der Waals surface area contributed by atoms with Crippen LogP contribution in [-0.4, -0.2) is 12.2 Å². The van der Waals surface area contributed by atoms with Gasteiger partial charge in [0.05, 0.1) is 0 Å². The van der Waals surface area contributed by atoms with Gasteiger partial charge in [0.25, 0.3) is 5.91 Å². The van der Waals surface area contributed by atoms with Crippen LogP contribution in [0.4, 0.5) is 0 Å². The van der Waals surface area contributed by atoms with E-state index in [4.69, 9.17) is 0 Å². The van der Waals surface area contributed by atoms with Gasteiger partial charge in [-0.3, -0.25) is 9.59 Å². The van der Waals surface area contributed by atoms with Crippen LogP contribution in [0.1, 0.15) is 0 Å². The maximum Gasteiger partial charge on any atom is 0.288 e. The van der Waals surface area contributed by atoms with Crippen molar-refractivity contribution in [2.45, 2.75) is 0 Å². The minimum Gasteiger partial charge on any atom is -0.320 e. The highest BCUT2D eigenvalue weighted by Gasteiger charge is 1.97. The van der Waals surface area contributed by atoms with E-state index in [9.17, 15) is 9.59 Å². The molecule has 0 fully saturated rings. The van der Waals surface area contributed by atoms with Crippen LogP contribution in [0.25, 0.3) is 0 Å². The lowest BCUT2D eigenvalue weighted by Gasteiger charge is -1.99. The molecule has 0 aromatic rings. The fourth-order valence-corrected chi connectivity index (χ4v) is 0.609. The Morgan fingerprint density at radius 3 is 2.38 bits per heavy atom. The molecule has 0 atom stereocenters. The Morgan fingerprint density at radius 1 is 1.23 bits per heavy atom. The molecule has 0 heterocycles. The minimum absolute atomic E-state index is 0.207. The smallest absolute Gasteiger partial charge is 0.288 e. The summed E-state index contributed by atoms with van der Waals surface area (Å²) in [7, 11) is 0. The van der Waals surface area contributed by atoms with E-state index in [1.54, 1.807) is 24.3 Å². The predicted molar refractivity (Wildman–Crippen MR) is 51.8 cm³/mol. The number of rotatable bonds is 5. The minimum atomic E-state index is -0.693. The standard InChI is InChI=1S/C10H11NO2/c1-3-5-7-9(6-4-2)11-10(13)8-12/h3-8H,1-2H2,(H,11,13)/b7-5-,9-6+. The Balaban J connectivity index is 4.43. The van der Waals surface area contributed by atoms with Gasteiger partial charge in [-0.15, -0.1) is 0 Å². The number of hydrogen-bond donors (Lipinski definition) is 1. The molecule has 1 N–H and O–H groups in total. The predicted octanol–water partition coefficient (Wildman–Crippen LogP) is 1.11. The fraction of sp³-hybridized carbons (Fsp3) is 0. The van der Waals surface area contributed by atoms with Gasteiger partial charge in [-0.2, -0.15) is 0 Å². The van der Waals surface area contributed by atoms with Crippen LogP contribution in [0.3, 0.4) is 0 Å². The molecular formula is C10H11NO2. The van der Waals surface area contributed by atoms with Gasteiger partial charge in [0.2, 0.25) is 6.29 Å². The van der Waals surface area contributed by atoms with Crippen molar-refractivity contribution in [1.82, 2.24) is 5.32 Å². The largest absolute Gasteiger partial charge is 0.320 e. The first-order valence-corrected chi connectivity index (χ1v) is 3.62. The molecule has 0 aliphatic heterocycles. The lowest BCUT2D eigenvalue weighted by molar-refractivity contribution is -0.130. The molecule has 68 valence electrons. The lowest BCUT2D eigenvalue weighted by Crippen LogP contribution is -2.22. The zero-order valence-corrected chi connectivity index (χ0v) is 7.19. The molecule has 0 bridgehead atoms. The van der Waals surface area contributed by atoms with Crippen molar-refractivity contribution in [3.05, 3.63) is 49.2 Å². The Kier molecular flexibility index (Phi) is 5.80. The molecule has 0 spiro atoms. The Hall–Kier alpha value is -1.90. The first kappa shape index (κ1) is 11.1. The second-order valence-corrected chi connectivity index (χ2v) is 2.06. The molecule has 1 amide bonds. The van der Waals surface area contributed by atoms with Gasteiger partial charge in [0.1, 0.15) is 0 Å². The topological polar surface area (TPSA) is 46.2 Å². The van der Waals surface area contributed by atoms with E-state index in [1.807, 2.05) is 0 Å². The van der Waals surface area contributed by atoms with Crippen molar-refractivity contribution in [1.29, 1.82) is 0 Å². The van der Waals surface area contributed by atoms with E-state index in [0.717, 1.165) is 0 Å². The maximum absolute atomic E-state index is 10.6. The van der Waals surface area contributed by atoms with E-state index in [2.05, 4.69) is 18.5 Å². The summed E-state index contributed by atoms with van der Waals surface area (Å²) in [6.45, 7) is 6.94. The van der Waals surface area contributed by atoms with Crippen molar-refractivity contribution in [3.8, 4) is 0 Å². The third kappa shape index (κ3) is 5.38. The first-order valence-electron chi connectivity index (χ1n) is 3.62. The van der Waals surface area contributed by atoms with Gasteiger partial charge in [-0.25, -0.2) is 0 Å². The Morgan fingerprint density at radius 2 is 1.92 bits per heavy atom. The number of aldehydes is 1. The number of allylic oxidation sites excluding steroid dienone is 5. The van der Waals surface area contributed by atoms with Gasteiger partial charge in [-0.05, 0) is 12.2 Å². The summed E-state index contributed by atoms with van der Waals surface area (Å²) in [4.78, 5) is 20.7. The zero-order valence-electron chi connectivity index (χ0n) is 7.19. The molecule has 0 aliphatic carbocycles. The molecule has 0 aliphatic rings. The van der Waals surface area contributed by atoms with Crippen LogP contribution in [0.5, 0.6) is 0 Å². The molecule has 3 nitrogen and oxygen atoms in total. The third-order valence-corrected chi connectivity index (χ3v) is 1.08. The molecule has 3 heteroatoms. The van der Waals surface area contributed by atoms with Gasteiger partial charge in [-0.1, -0.05) is 31.4 Å². The monoisotopic (exact) mass is 177 g/mol. The van der Waals surface area contributed by atoms with Crippen LogP contribution in [-0.2, 0) is 9.59 Å². The van der Waals surface area contributed by atoms with E-state index >= 15 is 0 Å². The highest BCUT2D eigenvalue weighted by atomic mass is 16.2. The number of carbonyl (C=O) groups is 2. The summed E-state index contributed by atoms with van der Waals surface area (Å²) in [6.07, 6.45) is 8.09. The fourth-order valence-electron chi connectivity index (χ4n) is 0.609. The van der Waals surface area contributed by atoms with Crippen molar-refractivity contribution < 1.29 is 9.59 Å². The summed E-state index contributed by atoms with van der Waals surface area (Å²) in [5.41, 5.74) is 0.493. The summed E-state index contributed by atoms with van der Waals surface area (Å²) < 4.78 is 0. The van der Waals surface area contributed by atoms with Crippen molar-refractivity contribution in [2.24, 2.45) is 0 Å². The number of hydrogen-bond acceptors (Lipinski definition) is 2. The van der Waals surface area contributed by atoms with E-state index < -0.39 is 5.91 Å². The highest BCUT2D eigenvalue weighted by Crippen LogP contribution is 1.92. The summed E-state index contributed by atoms with van der Waals surface area (Å²) in [5, 5.41) is 2.35. The first-order chi connectivity index (χ1) is 6.24. The van der Waals surface area contributed by atoms with Gasteiger partial charge in [0, 0.05) is 5.70 Å². The Bertz CT molecular complexity index is 275. The van der Waals surface area contributed by atoms with Crippen LogP contribution >= 0.6 is 0 Å². The van der Waals surface area contributed by atoms with Crippen LogP contribution < -0.4 is 5.32 Å². The van der Waals surface area contributed by atoms with E-state index in [-0.39, 0.29) is 6.29 Å². The second kappa shape index (κ2) is 6.79. The molecule has 0 saturated carbocycles. The van der Waals surface area contributed by atoms with E-state index in [1.165, 1.54) is 6.08 Å². The second-order valence-electron chi connectivity index (χ2n) is 2.06. The molecule has 0 unspecified atom stereocenters. The molecule has 13 heavy (non-hydrogen) atoms. The average Bonchev–Trinajstić information content (AvgIpc) is 2.14. The number of nitrogens with one attached hydrogen (secondary N) is 1. The molecule has 0 radical (unpaired) electrons. The van der Waals surface area contributed by atoms with Gasteiger partial charge in [0.15, 0.2) is 0 Å². The third-order valence-electron chi connectivity index (χ3n) is 1.08. The highest BCUT2D eigenvalue weighted by molar-refractivity contribution is 6.24. The van der Waals surface area contributed by atoms with Crippen molar-refractivity contribution in [2.75, 3.05) is 0 Å². The van der Waals surface area contributed by atoms with E-state index in [0.29, 0.717) is 5.70 Å². The summed E-state index contributed by atoms with van der Waals surface area (Å²) >= 11 is 0. The van der Waals surface area contributed by atoms with Crippen molar-refractivity contribution in [3.63, 3.8) is 0 Å². The van der Waals surface area contributed by atoms with Crippen LogP contribution in [0, 0.1) is 0 Å². The zero-order chi connectivity index (χ0) is 10.1. The molecular weight excluding hydrogens is 166 g/mol. The average molecular weight is 177 g/mol. The lowest BCUT2D eigenvalue weighted by atomic mass is 10.3. The van der Waals surface area contributed by atoms with Crippen LogP contribution in [0.2, 0.25) is 0 Å². The van der Waals surface area contributed by atoms with Crippen LogP contribution in [0.15, 0.2) is 49.2 Å². The normalized spacial score (nSPS) is 10.9. The number of carbonyl (C=O) groups excluding carboxylic acids is 2. The summed E-state index contributed by atoms with van der Waals surface area (Å²) in [5.74, 6) is -0.693. The van der Waals surface area contributed by atoms with Crippen molar-refractivity contribution >= 4 is 12.2 Å². The quantitative estimate of drug-likeness (QED) is 0.388. The summed E-state index contributed by atoms with van der Waals surface area (Å²) in [6, 6.07) is 0.